The van der Waals surface area contributed by atoms with Gasteiger partial charge < -0.3 is 35.8 Å². The first-order valence-corrected chi connectivity index (χ1v) is 18.1. The molecule has 0 radical (unpaired) electrons. The predicted molar refractivity (Wildman–Crippen MR) is 204 cm³/mol. The molecule has 8 rings (SSSR count). The van der Waals surface area contributed by atoms with E-state index in [0.717, 1.165) is 61.3 Å². The lowest BCUT2D eigenvalue weighted by Gasteiger charge is -2.53. The predicted octanol–water partition coefficient (Wildman–Crippen LogP) is 5.80. The normalized spacial score (nSPS) is 18.5. The molecule has 2 amide bonds. The molecule has 2 bridgehead atoms. The fourth-order valence-electron chi connectivity index (χ4n) is 7.76. The molecule has 6 N–H and O–H groups in total. The summed E-state index contributed by atoms with van der Waals surface area (Å²) in [5.74, 6) is -0.200. The summed E-state index contributed by atoms with van der Waals surface area (Å²) in [4.78, 5) is 48.7. The van der Waals surface area contributed by atoms with Gasteiger partial charge in [0.1, 0.15) is 5.75 Å². The van der Waals surface area contributed by atoms with Crippen molar-refractivity contribution in [2.45, 2.75) is 56.7 Å². The Morgan fingerprint density at radius 1 is 0.962 bits per heavy atom. The number of benzene rings is 3. The monoisotopic (exact) mass is 716 g/mol. The Labute approximate surface area is 307 Å². The number of nitrogens with zero attached hydrogens (tertiary/aromatic N) is 3. The molecule has 53 heavy (non-hydrogen) atoms. The van der Waals surface area contributed by atoms with Crippen molar-refractivity contribution in [1.29, 1.82) is 0 Å². The van der Waals surface area contributed by atoms with Crippen LogP contribution in [0.4, 0.5) is 16.2 Å². The van der Waals surface area contributed by atoms with E-state index in [9.17, 15) is 29.7 Å². The van der Waals surface area contributed by atoms with Crippen LogP contribution in [0.15, 0.2) is 95.9 Å². The number of H-pyrrole nitrogens is 1. The number of piperidine rings is 3. The topological polar surface area (TPSA) is 171 Å². The Balaban J connectivity index is 0.939. The molecule has 3 fully saturated rings. The highest BCUT2D eigenvalue weighted by molar-refractivity contribution is 5.95. The van der Waals surface area contributed by atoms with Crippen molar-refractivity contribution in [3.8, 4) is 16.9 Å². The van der Waals surface area contributed by atoms with Crippen molar-refractivity contribution < 1.29 is 24.9 Å². The number of phenols is 1. The van der Waals surface area contributed by atoms with E-state index >= 15 is 0 Å². The van der Waals surface area contributed by atoms with Crippen LogP contribution in [0.2, 0.25) is 0 Å². The van der Waals surface area contributed by atoms with Crippen LogP contribution in [0.5, 0.6) is 5.75 Å². The number of aromatic nitrogens is 2. The van der Waals surface area contributed by atoms with Crippen LogP contribution in [-0.2, 0) is 17.8 Å². The third-order valence-electron chi connectivity index (χ3n) is 10.6. The molecule has 3 aliphatic rings. The highest BCUT2D eigenvalue weighted by Gasteiger charge is 2.47. The number of aliphatic hydroxyl groups is 1. The Morgan fingerprint density at radius 2 is 1.74 bits per heavy atom. The number of fused-ring (bicyclic) bond motifs is 4. The Hall–Kier alpha value is -5.56. The van der Waals surface area contributed by atoms with Crippen molar-refractivity contribution in [3.05, 3.63) is 118 Å². The quantitative estimate of drug-likeness (QED) is 0.0881. The van der Waals surface area contributed by atoms with Gasteiger partial charge in [-0.05, 0) is 79.1 Å². The number of aromatic amines is 1. The van der Waals surface area contributed by atoms with Gasteiger partial charge in [-0.25, -0.2) is 4.79 Å². The summed E-state index contributed by atoms with van der Waals surface area (Å²) in [5, 5.41) is 38.2. The third kappa shape index (κ3) is 7.95. The van der Waals surface area contributed by atoms with E-state index in [1.807, 2.05) is 48.5 Å². The SMILES string of the molecule is O=C(CCCc1ccc(-c2ccccc2)c(N(C(=O)O)C23CCN(CC2)CC3)c1)Nc1ccc(CNC[C@H](O)c2ccc(O)c3[nH]c(=O)ccc23)nc1. The number of carbonyl (C=O) groups excluding carboxylic acids is 1. The molecule has 0 unspecified atom stereocenters. The lowest BCUT2D eigenvalue weighted by Crippen LogP contribution is -2.62. The van der Waals surface area contributed by atoms with Crippen LogP contribution in [0.25, 0.3) is 22.0 Å². The zero-order valence-electron chi connectivity index (χ0n) is 29.4. The van der Waals surface area contributed by atoms with Crippen molar-refractivity contribution >= 4 is 34.3 Å². The number of rotatable bonds is 13. The maximum atomic E-state index is 13.0. The van der Waals surface area contributed by atoms with E-state index in [1.54, 1.807) is 35.4 Å². The molecule has 5 heterocycles. The first kappa shape index (κ1) is 35.8. The second kappa shape index (κ2) is 15.6. The smallest absolute Gasteiger partial charge is 0.412 e. The number of hydrogen-bond donors (Lipinski definition) is 6. The Kier molecular flexibility index (Phi) is 10.5. The van der Waals surface area contributed by atoms with Gasteiger partial charge in [0.15, 0.2) is 0 Å². The van der Waals surface area contributed by atoms with E-state index in [-0.39, 0.29) is 29.3 Å². The number of amides is 2. The highest BCUT2D eigenvalue weighted by atomic mass is 16.4. The number of hydrogen-bond acceptors (Lipinski definition) is 8. The Morgan fingerprint density at radius 3 is 2.45 bits per heavy atom. The van der Waals surface area contributed by atoms with Crippen LogP contribution in [0, 0.1) is 0 Å². The fraction of sp³-hybridized carbons (Fsp3) is 0.317. The number of aryl methyl sites for hydroxylation is 1. The summed E-state index contributed by atoms with van der Waals surface area (Å²) in [7, 11) is 0. The van der Waals surface area contributed by atoms with Gasteiger partial charge in [0.05, 0.1) is 40.4 Å². The number of carboxylic acid groups (broad SMARTS) is 1. The minimum absolute atomic E-state index is 0.0653. The van der Waals surface area contributed by atoms with Crippen molar-refractivity contribution in [1.82, 2.24) is 20.2 Å². The van der Waals surface area contributed by atoms with Gasteiger partial charge >= 0.3 is 6.09 Å². The van der Waals surface area contributed by atoms with Crippen molar-refractivity contribution in [2.75, 3.05) is 36.4 Å². The lowest BCUT2D eigenvalue weighted by atomic mass is 9.78. The summed E-state index contributed by atoms with van der Waals surface area (Å²) >= 11 is 0. The number of aliphatic hydroxyl groups excluding tert-OH is 1. The first-order chi connectivity index (χ1) is 25.7. The zero-order valence-corrected chi connectivity index (χ0v) is 29.4. The highest BCUT2D eigenvalue weighted by Crippen LogP contribution is 2.44. The standard InChI is InChI=1S/C41H44N6O6/c48-35-15-13-32(33-14-16-38(51)45-39(33)35)36(49)26-42-24-29-10-11-30(25-43-29)44-37(50)8-4-5-27-9-12-31(28-6-2-1-3-7-28)34(23-27)47(40(52)53)41-17-20-46(21-18-41)22-19-41/h1-3,6-7,9-16,23,25,36,42,48-49H,4-5,8,17-22,24,26H2,(H,44,50)(H,45,51)(H,52,53)/t36-/m0/s1. The molecule has 12 heteroatoms. The van der Waals surface area contributed by atoms with E-state index in [1.165, 1.54) is 12.1 Å². The van der Waals surface area contributed by atoms with Crippen LogP contribution in [0.3, 0.4) is 0 Å². The molecule has 1 atom stereocenters. The fourth-order valence-corrected chi connectivity index (χ4v) is 7.76. The summed E-state index contributed by atoms with van der Waals surface area (Å²) in [6, 6.07) is 25.6. The first-order valence-electron chi connectivity index (χ1n) is 18.1. The third-order valence-corrected chi connectivity index (χ3v) is 10.6. The van der Waals surface area contributed by atoms with E-state index < -0.39 is 17.7 Å². The second-order valence-corrected chi connectivity index (χ2v) is 14.0. The van der Waals surface area contributed by atoms with Gasteiger partial charge in [-0.15, -0.1) is 0 Å². The molecule has 5 aromatic rings. The maximum absolute atomic E-state index is 13.0. The average molecular weight is 717 g/mol. The Bertz CT molecular complexity index is 2130. The summed E-state index contributed by atoms with van der Waals surface area (Å²) in [6.07, 6.45) is 3.73. The number of nitrogens with one attached hydrogen (secondary N) is 3. The number of pyridine rings is 2. The molecule has 3 saturated heterocycles. The van der Waals surface area contributed by atoms with Gasteiger partial charge in [0.25, 0.3) is 0 Å². The molecule has 12 nitrogen and oxygen atoms in total. The molecule has 3 aliphatic heterocycles. The number of phenolic OH excluding ortho intramolecular Hbond substituents is 1. The average Bonchev–Trinajstić information content (AvgIpc) is 3.17. The number of anilines is 2. The largest absolute Gasteiger partial charge is 0.506 e. The molecule has 0 saturated carbocycles. The van der Waals surface area contributed by atoms with E-state index in [0.29, 0.717) is 48.1 Å². The molecule has 274 valence electrons. The number of aromatic hydroxyl groups is 1. The summed E-state index contributed by atoms with van der Waals surface area (Å²) in [6.45, 7) is 3.31. The summed E-state index contributed by atoms with van der Waals surface area (Å²) < 4.78 is 0. The van der Waals surface area contributed by atoms with Gasteiger partial charge in [-0.3, -0.25) is 19.5 Å². The van der Waals surface area contributed by atoms with Gasteiger partial charge in [-0.2, -0.15) is 0 Å². The van der Waals surface area contributed by atoms with Crippen molar-refractivity contribution in [2.24, 2.45) is 0 Å². The van der Waals surface area contributed by atoms with Crippen molar-refractivity contribution in [3.63, 3.8) is 0 Å². The van der Waals surface area contributed by atoms with E-state index in [2.05, 4.69) is 25.5 Å². The summed E-state index contributed by atoms with van der Waals surface area (Å²) in [5.41, 5.74) is 4.95. The second-order valence-electron chi connectivity index (χ2n) is 14.0. The zero-order chi connectivity index (χ0) is 37.0. The van der Waals surface area contributed by atoms with Gasteiger partial charge in [0.2, 0.25) is 11.5 Å². The van der Waals surface area contributed by atoms with Crippen LogP contribution in [0.1, 0.15) is 55.0 Å². The lowest BCUT2D eigenvalue weighted by molar-refractivity contribution is -0.116. The minimum atomic E-state index is -0.926. The van der Waals surface area contributed by atoms with Gasteiger partial charge in [-0.1, -0.05) is 48.5 Å². The number of carbonyl (C=O) groups is 2. The van der Waals surface area contributed by atoms with Crippen LogP contribution >= 0.6 is 0 Å². The molecule has 2 aromatic heterocycles. The van der Waals surface area contributed by atoms with Crippen LogP contribution in [-0.4, -0.2) is 73.9 Å². The molecular weight excluding hydrogens is 672 g/mol. The maximum Gasteiger partial charge on any atom is 0.412 e. The molecule has 0 aliphatic carbocycles. The van der Waals surface area contributed by atoms with E-state index in [4.69, 9.17) is 0 Å². The van der Waals surface area contributed by atoms with Gasteiger partial charge in [0, 0.05) is 56.2 Å². The minimum Gasteiger partial charge on any atom is -0.506 e. The van der Waals surface area contributed by atoms with Crippen LogP contribution < -0.4 is 21.1 Å². The molecule has 0 spiro atoms. The molecular formula is C41H44N6O6. The molecule has 3 aromatic carbocycles.